The largest absolute Gasteiger partial charge is 0.452 e. The van der Waals surface area contributed by atoms with Gasteiger partial charge in [0.05, 0.1) is 21.6 Å². The van der Waals surface area contributed by atoms with E-state index in [2.05, 4.69) is 5.32 Å². The topological polar surface area (TPSA) is 153 Å². The highest BCUT2D eigenvalue weighted by atomic mass is 32.2. The number of carbonyl (C=O) groups is 4. The Hall–Kier alpha value is -3.57. The first-order valence-electron chi connectivity index (χ1n) is 8.56. The standard InChI is InChI=1S/C19H17N3O7S/c1-10-3-4-11(7-15(10)30(20,27)28)19(26)29-9-16(23)21-12-5-6-13-14(8-12)18(25)22(2)17(13)24/h3-8H,9H2,1-2H3,(H,21,23)(H2,20,27,28). The van der Waals surface area contributed by atoms with Gasteiger partial charge >= 0.3 is 5.97 Å². The molecule has 156 valence electrons. The number of ether oxygens (including phenoxy) is 1. The lowest BCUT2D eigenvalue weighted by Crippen LogP contribution is -2.24. The molecule has 0 bridgehead atoms. The number of amides is 3. The van der Waals surface area contributed by atoms with Gasteiger partial charge in [-0.15, -0.1) is 0 Å². The molecular weight excluding hydrogens is 414 g/mol. The maximum Gasteiger partial charge on any atom is 0.338 e. The molecule has 2 aromatic rings. The van der Waals surface area contributed by atoms with Crippen molar-refractivity contribution in [2.24, 2.45) is 5.14 Å². The van der Waals surface area contributed by atoms with Gasteiger partial charge in [0.1, 0.15) is 0 Å². The first-order chi connectivity index (χ1) is 14.0. The number of nitrogens with one attached hydrogen (secondary N) is 1. The van der Waals surface area contributed by atoms with Crippen molar-refractivity contribution in [1.29, 1.82) is 0 Å². The van der Waals surface area contributed by atoms with Crippen molar-refractivity contribution in [1.82, 2.24) is 4.90 Å². The lowest BCUT2D eigenvalue weighted by molar-refractivity contribution is -0.119. The number of anilines is 1. The summed E-state index contributed by atoms with van der Waals surface area (Å²) in [5.41, 5.74) is 0.923. The predicted octanol–water partition coefficient (Wildman–Crippen LogP) is 0.664. The van der Waals surface area contributed by atoms with E-state index in [9.17, 15) is 27.6 Å². The Morgan fingerprint density at radius 2 is 1.73 bits per heavy atom. The van der Waals surface area contributed by atoms with E-state index in [4.69, 9.17) is 9.88 Å². The van der Waals surface area contributed by atoms with E-state index >= 15 is 0 Å². The molecule has 0 radical (unpaired) electrons. The molecule has 30 heavy (non-hydrogen) atoms. The Morgan fingerprint density at radius 1 is 1.07 bits per heavy atom. The maximum atomic E-state index is 12.1. The SMILES string of the molecule is Cc1ccc(C(=O)OCC(=O)Nc2ccc3c(c2)C(=O)N(C)C3=O)cc1S(N)(=O)=O. The molecule has 1 aliphatic rings. The van der Waals surface area contributed by atoms with E-state index < -0.39 is 40.3 Å². The summed E-state index contributed by atoms with van der Waals surface area (Å²) in [4.78, 5) is 48.8. The molecule has 11 heteroatoms. The number of esters is 1. The van der Waals surface area contributed by atoms with Crippen LogP contribution in [0.1, 0.15) is 36.6 Å². The summed E-state index contributed by atoms with van der Waals surface area (Å²) in [5, 5.41) is 7.57. The number of nitrogens with two attached hydrogens (primary N) is 1. The zero-order valence-electron chi connectivity index (χ0n) is 16.0. The number of aryl methyl sites for hydroxylation is 1. The van der Waals surface area contributed by atoms with Gasteiger partial charge in [-0.1, -0.05) is 6.07 Å². The van der Waals surface area contributed by atoms with Crippen LogP contribution in [0.5, 0.6) is 0 Å². The quantitative estimate of drug-likeness (QED) is 0.521. The molecule has 0 aliphatic carbocycles. The minimum Gasteiger partial charge on any atom is -0.452 e. The van der Waals surface area contributed by atoms with Gasteiger partial charge in [0.15, 0.2) is 6.61 Å². The fourth-order valence-corrected chi connectivity index (χ4v) is 3.69. The van der Waals surface area contributed by atoms with Crippen LogP contribution in [0.4, 0.5) is 5.69 Å². The van der Waals surface area contributed by atoms with Gasteiger partial charge in [-0.25, -0.2) is 18.4 Å². The van der Waals surface area contributed by atoms with Crippen LogP contribution in [0.15, 0.2) is 41.3 Å². The Balaban J connectivity index is 1.65. The second-order valence-electron chi connectivity index (χ2n) is 6.58. The third-order valence-corrected chi connectivity index (χ3v) is 5.49. The molecule has 3 amide bonds. The number of rotatable bonds is 5. The molecule has 0 atom stereocenters. The molecule has 3 rings (SSSR count). The molecule has 0 fully saturated rings. The Kier molecular flexibility index (Phi) is 5.42. The molecule has 0 saturated heterocycles. The minimum absolute atomic E-state index is 0.0814. The number of benzene rings is 2. The Morgan fingerprint density at radius 3 is 2.40 bits per heavy atom. The number of fused-ring (bicyclic) bond motifs is 1. The third-order valence-electron chi connectivity index (χ3n) is 4.44. The van der Waals surface area contributed by atoms with Crippen LogP contribution in [0.3, 0.4) is 0 Å². The van der Waals surface area contributed by atoms with E-state index in [1.165, 1.54) is 44.3 Å². The van der Waals surface area contributed by atoms with Crippen LogP contribution in [0.25, 0.3) is 0 Å². The first-order valence-corrected chi connectivity index (χ1v) is 10.1. The lowest BCUT2D eigenvalue weighted by Gasteiger charge is -2.09. The van der Waals surface area contributed by atoms with Crippen molar-refractivity contribution in [3.05, 3.63) is 58.7 Å². The van der Waals surface area contributed by atoms with E-state index in [-0.39, 0.29) is 27.3 Å². The van der Waals surface area contributed by atoms with Gasteiger partial charge in [-0.05, 0) is 42.8 Å². The van der Waals surface area contributed by atoms with Crippen LogP contribution in [0.2, 0.25) is 0 Å². The predicted molar refractivity (Wildman–Crippen MR) is 104 cm³/mol. The fourth-order valence-electron chi connectivity index (χ4n) is 2.88. The third kappa shape index (κ3) is 4.07. The van der Waals surface area contributed by atoms with Crippen molar-refractivity contribution in [2.45, 2.75) is 11.8 Å². The van der Waals surface area contributed by atoms with E-state index in [0.717, 1.165) is 11.0 Å². The van der Waals surface area contributed by atoms with Crippen LogP contribution in [-0.4, -0.2) is 50.7 Å². The molecule has 2 aromatic carbocycles. The van der Waals surface area contributed by atoms with Gasteiger partial charge in [-0.3, -0.25) is 19.3 Å². The average Bonchev–Trinajstić information content (AvgIpc) is 2.89. The normalized spacial score (nSPS) is 13.2. The van der Waals surface area contributed by atoms with Gasteiger partial charge in [0.25, 0.3) is 17.7 Å². The van der Waals surface area contributed by atoms with Crippen molar-refractivity contribution >= 4 is 39.4 Å². The van der Waals surface area contributed by atoms with Crippen molar-refractivity contribution in [3.63, 3.8) is 0 Å². The van der Waals surface area contributed by atoms with Crippen molar-refractivity contribution in [3.8, 4) is 0 Å². The van der Waals surface area contributed by atoms with Crippen molar-refractivity contribution in [2.75, 3.05) is 19.0 Å². The molecule has 0 saturated carbocycles. The number of hydrogen-bond donors (Lipinski definition) is 2. The molecule has 3 N–H and O–H groups in total. The number of imide groups is 1. The molecule has 0 spiro atoms. The van der Waals surface area contributed by atoms with E-state index in [1.807, 2.05) is 0 Å². The second kappa shape index (κ2) is 7.69. The summed E-state index contributed by atoms with van der Waals surface area (Å²) in [5.74, 6) is -2.51. The summed E-state index contributed by atoms with van der Waals surface area (Å²) in [7, 11) is -2.67. The molecule has 0 unspecified atom stereocenters. The highest BCUT2D eigenvalue weighted by Crippen LogP contribution is 2.24. The van der Waals surface area contributed by atoms with Crippen LogP contribution >= 0.6 is 0 Å². The van der Waals surface area contributed by atoms with Gasteiger partial charge in [-0.2, -0.15) is 0 Å². The van der Waals surface area contributed by atoms with Crippen molar-refractivity contribution < 1.29 is 32.3 Å². The smallest absolute Gasteiger partial charge is 0.338 e. The molecular formula is C19H17N3O7S. The number of carbonyl (C=O) groups excluding carboxylic acids is 4. The average molecular weight is 431 g/mol. The van der Waals surface area contributed by atoms with Crippen LogP contribution in [0, 0.1) is 6.92 Å². The Labute approximate surface area is 171 Å². The van der Waals surface area contributed by atoms with Crippen LogP contribution < -0.4 is 10.5 Å². The number of primary sulfonamides is 1. The number of nitrogens with zero attached hydrogens (tertiary/aromatic N) is 1. The first kappa shape index (κ1) is 21.1. The monoisotopic (exact) mass is 431 g/mol. The van der Waals surface area contributed by atoms with E-state index in [1.54, 1.807) is 0 Å². The summed E-state index contributed by atoms with van der Waals surface area (Å²) in [6.07, 6.45) is 0. The highest BCUT2D eigenvalue weighted by Gasteiger charge is 2.32. The second-order valence-corrected chi connectivity index (χ2v) is 8.11. The zero-order chi connectivity index (χ0) is 22.2. The molecule has 1 heterocycles. The summed E-state index contributed by atoms with van der Waals surface area (Å²) >= 11 is 0. The molecule has 10 nitrogen and oxygen atoms in total. The van der Waals surface area contributed by atoms with E-state index in [0.29, 0.717) is 5.56 Å². The van der Waals surface area contributed by atoms with Gasteiger partial charge in [0, 0.05) is 12.7 Å². The number of sulfonamides is 1. The van der Waals surface area contributed by atoms with Gasteiger partial charge in [0.2, 0.25) is 10.0 Å². The highest BCUT2D eigenvalue weighted by molar-refractivity contribution is 7.89. The summed E-state index contributed by atoms with van der Waals surface area (Å²) in [6, 6.07) is 8.05. The number of hydrogen-bond acceptors (Lipinski definition) is 7. The fraction of sp³-hybridized carbons (Fsp3) is 0.158. The zero-order valence-corrected chi connectivity index (χ0v) is 16.8. The lowest BCUT2D eigenvalue weighted by atomic mass is 10.1. The van der Waals surface area contributed by atoms with Gasteiger partial charge < -0.3 is 10.1 Å². The summed E-state index contributed by atoms with van der Waals surface area (Å²) < 4.78 is 28.0. The molecule has 1 aliphatic heterocycles. The summed E-state index contributed by atoms with van der Waals surface area (Å²) in [6.45, 7) is 0.871. The molecule has 0 aromatic heterocycles. The Bertz CT molecular complexity index is 1200. The minimum atomic E-state index is -4.02. The maximum absolute atomic E-state index is 12.1. The van der Waals surface area contributed by atoms with Crippen LogP contribution in [-0.2, 0) is 19.6 Å².